The third-order valence-corrected chi connectivity index (χ3v) is 2.25. The van der Waals surface area contributed by atoms with E-state index >= 15 is 0 Å². The highest BCUT2D eigenvalue weighted by atomic mass is 16.3. The van der Waals surface area contributed by atoms with E-state index in [0.29, 0.717) is 19.1 Å². The van der Waals surface area contributed by atoms with Crippen molar-refractivity contribution in [1.82, 2.24) is 10.2 Å². The van der Waals surface area contributed by atoms with Crippen molar-refractivity contribution in [3.63, 3.8) is 0 Å². The van der Waals surface area contributed by atoms with Crippen LogP contribution in [0.1, 0.15) is 13.3 Å². The summed E-state index contributed by atoms with van der Waals surface area (Å²) in [4.78, 5) is 12.7. The number of nitrogens with zero attached hydrogens (tertiary/aromatic N) is 1. The van der Waals surface area contributed by atoms with Crippen LogP contribution in [0.3, 0.4) is 0 Å². The molecule has 0 aliphatic carbocycles. The summed E-state index contributed by atoms with van der Waals surface area (Å²) in [6, 6.07) is 0.295. The van der Waals surface area contributed by atoms with Crippen molar-refractivity contribution in [3.8, 4) is 0 Å². The van der Waals surface area contributed by atoms with Crippen molar-refractivity contribution in [2.45, 2.75) is 25.5 Å². The van der Waals surface area contributed by atoms with Gasteiger partial charge in [-0.3, -0.25) is 9.69 Å². The fourth-order valence-electron chi connectivity index (χ4n) is 1.55. The maximum atomic E-state index is 10.6. The fraction of sp³-hybridized carbons (Fsp3) is 0.875. The summed E-state index contributed by atoms with van der Waals surface area (Å²) in [7, 11) is 1.96. The van der Waals surface area contributed by atoms with Crippen molar-refractivity contribution in [2.75, 3.05) is 20.1 Å². The number of aliphatic hydroxyl groups is 1. The Hall–Kier alpha value is -0.610. The van der Waals surface area contributed by atoms with Gasteiger partial charge < -0.3 is 10.4 Å². The fourth-order valence-corrected chi connectivity index (χ4v) is 1.55. The molecule has 1 heterocycles. The monoisotopic (exact) mass is 172 g/mol. The first kappa shape index (κ1) is 9.48. The van der Waals surface area contributed by atoms with Gasteiger partial charge in [0, 0.05) is 26.1 Å². The minimum atomic E-state index is -0.228. The lowest BCUT2D eigenvalue weighted by Crippen LogP contribution is -2.37. The molecule has 0 unspecified atom stereocenters. The standard InChI is InChI=1S/C8H16N2O2/c1-6(11)9-4-7-3-8(12)5-10(7)2/h7-8,12H,3-5H2,1-2H3,(H,9,11)/t7-,8+/m0/s1. The molecule has 1 saturated heterocycles. The SMILES string of the molecule is CC(=O)NC[C@@H]1C[C@@H](O)CN1C. The van der Waals surface area contributed by atoms with Crippen LogP contribution in [0.15, 0.2) is 0 Å². The van der Waals surface area contributed by atoms with E-state index in [1.165, 1.54) is 6.92 Å². The molecule has 1 rings (SSSR count). The Morgan fingerprint density at radius 2 is 2.42 bits per heavy atom. The molecule has 0 saturated carbocycles. The molecule has 1 fully saturated rings. The second kappa shape index (κ2) is 3.87. The van der Waals surface area contributed by atoms with E-state index < -0.39 is 0 Å². The largest absolute Gasteiger partial charge is 0.392 e. The van der Waals surface area contributed by atoms with E-state index in [4.69, 9.17) is 0 Å². The van der Waals surface area contributed by atoms with E-state index in [-0.39, 0.29) is 12.0 Å². The van der Waals surface area contributed by atoms with Crippen LogP contribution in [0.5, 0.6) is 0 Å². The van der Waals surface area contributed by atoms with Gasteiger partial charge in [-0.15, -0.1) is 0 Å². The number of amides is 1. The van der Waals surface area contributed by atoms with Crippen LogP contribution in [0.2, 0.25) is 0 Å². The number of β-amino-alcohol motifs (C(OH)–C–C–N with tert-alkyl or cyclic N) is 1. The van der Waals surface area contributed by atoms with E-state index in [0.717, 1.165) is 6.42 Å². The summed E-state index contributed by atoms with van der Waals surface area (Å²) in [6.07, 6.45) is 0.533. The minimum absolute atomic E-state index is 0.00945. The number of hydrogen-bond donors (Lipinski definition) is 2. The van der Waals surface area contributed by atoms with Crippen LogP contribution in [0, 0.1) is 0 Å². The molecule has 2 atom stereocenters. The molecule has 1 aliphatic heterocycles. The maximum absolute atomic E-state index is 10.6. The second-order valence-electron chi connectivity index (χ2n) is 3.42. The van der Waals surface area contributed by atoms with Crippen LogP contribution in [0.25, 0.3) is 0 Å². The summed E-state index contributed by atoms with van der Waals surface area (Å²) < 4.78 is 0. The minimum Gasteiger partial charge on any atom is -0.392 e. The molecule has 0 aromatic heterocycles. The highest BCUT2D eigenvalue weighted by Crippen LogP contribution is 2.14. The molecule has 4 nitrogen and oxygen atoms in total. The topological polar surface area (TPSA) is 52.6 Å². The smallest absolute Gasteiger partial charge is 0.216 e. The number of hydrogen-bond acceptors (Lipinski definition) is 3. The first-order valence-corrected chi connectivity index (χ1v) is 4.22. The average molecular weight is 172 g/mol. The average Bonchev–Trinajstić information content (AvgIpc) is 2.26. The normalized spacial score (nSPS) is 30.6. The van der Waals surface area contributed by atoms with Gasteiger partial charge in [0.25, 0.3) is 0 Å². The van der Waals surface area contributed by atoms with Gasteiger partial charge in [-0.2, -0.15) is 0 Å². The Bertz CT molecular complexity index is 172. The van der Waals surface area contributed by atoms with E-state index in [1.54, 1.807) is 0 Å². The first-order valence-electron chi connectivity index (χ1n) is 4.22. The number of likely N-dealkylation sites (tertiary alicyclic amines) is 1. The summed E-state index contributed by atoms with van der Waals surface area (Å²) in [5.74, 6) is -0.00945. The lowest BCUT2D eigenvalue weighted by molar-refractivity contribution is -0.119. The number of nitrogens with one attached hydrogen (secondary N) is 1. The lowest BCUT2D eigenvalue weighted by atomic mass is 10.2. The van der Waals surface area contributed by atoms with Crippen molar-refractivity contribution in [3.05, 3.63) is 0 Å². The highest BCUT2D eigenvalue weighted by Gasteiger charge is 2.27. The van der Waals surface area contributed by atoms with Crippen molar-refractivity contribution < 1.29 is 9.90 Å². The molecule has 1 aliphatic rings. The molecule has 0 spiro atoms. The van der Waals surface area contributed by atoms with Gasteiger partial charge in [0.2, 0.25) is 5.91 Å². The van der Waals surface area contributed by atoms with Crippen LogP contribution in [-0.2, 0) is 4.79 Å². The van der Waals surface area contributed by atoms with Crippen molar-refractivity contribution in [2.24, 2.45) is 0 Å². The van der Waals surface area contributed by atoms with Crippen molar-refractivity contribution >= 4 is 5.91 Å². The third kappa shape index (κ3) is 2.46. The van der Waals surface area contributed by atoms with Crippen molar-refractivity contribution in [1.29, 1.82) is 0 Å². The maximum Gasteiger partial charge on any atom is 0.216 e. The molecule has 1 amide bonds. The van der Waals surface area contributed by atoms with Gasteiger partial charge in [0.05, 0.1) is 6.10 Å². The molecular weight excluding hydrogens is 156 g/mol. The Labute approximate surface area is 72.6 Å². The molecule has 70 valence electrons. The molecule has 12 heavy (non-hydrogen) atoms. The van der Waals surface area contributed by atoms with Crippen LogP contribution >= 0.6 is 0 Å². The molecule has 2 N–H and O–H groups in total. The third-order valence-electron chi connectivity index (χ3n) is 2.25. The Balaban J connectivity index is 2.28. The molecule has 0 radical (unpaired) electrons. The number of likely N-dealkylation sites (N-methyl/N-ethyl adjacent to an activating group) is 1. The Morgan fingerprint density at radius 3 is 2.83 bits per heavy atom. The quantitative estimate of drug-likeness (QED) is 0.572. The van der Waals surface area contributed by atoms with Crippen LogP contribution in [-0.4, -0.2) is 48.2 Å². The van der Waals surface area contributed by atoms with Crippen LogP contribution in [0.4, 0.5) is 0 Å². The highest BCUT2D eigenvalue weighted by molar-refractivity contribution is 5.72. The van der Waals surface area contributed by atoms with Gasteiger partial charge >= 0.3 is 0 Å². The number of carbonyl (C=O) groups excluding carboxylic acids is 1. The molecular formula is C8H16N2O2. The van der Waals surface area contributed by atoms with Gasteiger partial charge in [-0.25, -0.2) is 0 Å². The van der Waals surface area contributed by atoms with Gasteiger partial charge in [-0.1, -0.05) is 0 Å². The first-order chi connectivity index (χ1) is 5.59. The van der Waals surface area contributed by atoms with E-state index in [1.807, 2.05) is 7.05 Å². The molecule has 0 aromatic carbocycles. The van der Waals surface area contributed by atoms with Gasteiger partial charge in [0.1, 0.15) is 0 Å². The zero-order chi connectivity index (χ0) is 9.14. The number of aliphatic hydroxyl groups excluding tert-OH is 1. The second-order valence-corrected chi connectivity index (χ2v) is 3.42. The summed E-state index contributed by atoms with van der Waals surface area (Å²) in [5, 5.41) is 12.0. The van der Waals surface area contributed by atoms with Gasteiger partial charge in [0.15, 0.2) is 0 Å². The number of carbonyl (C=O) groups is 1. The van der Waals surface area contributed by atoms with E-state index in [9.17, 15) is 9.90 Å². The molecule has 4 heteroatoms. The van der Waals surface area contributed by atoms with Crippen LogP contribution < -0.4 is 5.32 Å². The molecule has 0 aromatic rings. The Morgan fingerprint density at radius 1 is 1.75 bits per heavy atom. The summed E-state index contributed by atoms with van der Waals surface area (Å²) in [6.45, 7) is 2.86. The zero-order valence-electron chi connectivity index (χ0n) is 7.58. The summed E-state index contributed by atoms with van der Waals surface area (Å²) >= 11 is 0. The number of rotatable bonds is 2. The van der Waals surface area contributed by atoms with E-state index in [2.05, 4.69) is 10.2 Å². The Kier molecular flexibility index (Phi) is 3.05. The van der Waals surface area contributed by atoms with Gasteiger partial charge in [-0.05, 0) is 13.5 Å². The summed E-state index contributed by atoms with van der Waals surface area (Å²) in [5.41, 5.74) is 0. The predicted octanol–water partition coefficient (Wildman–Crippen LogP) is -0.812. The zero-order valence-corrected chi connectivity index (χ0v) is 7.58. The molecule has 0 bridgehead atoms. The predicted molar refractivity (Wildman–Crippen MR) is 45.7 cm³/mol. The lowest BCUT2D eigenvalue weighted by Gasteiger charge is -2.18.